The van der Waals surface area contributed by atoms with E-state index in [4.69, 9.17) is 9.47 Å². The molecule has 0 aromatic carbocycles. The first kappa shape index (κ1) is 69.8. The van der Waals surface area contributed by atoms with E-state index in [9.17, 15) is 14.7 Å². The molecule has 420 valence electrons. The minimum absolute atomic E-state index is 0.0646. The summed E-state index contributed by atoms with van der Waals surface area (Å²) < 4.78 is 10.7. The van der Waals surface area contributed by atoms with Crippen molar-refractivity contribution >= 4 is 11.9 Å². The molecule has 5 nitrogen and oxygen atoms in total. The van der Waals surface area contributed by atoms with Crippen LogP contribution in [-0.4, -0.2) is 36.4 Å². The average Bonchev–Trinajstić information content (AvgIpc) is 3.39. The maximum absolute atomic E-state index is 12.3. The largest absolute Gasteiger partial charge is 0.462 e. The zero-order valence-electron chi connectivity index (χ0n) is 48.1. The second kappa shape index (κ2) is 63.1. The second-order valence-electron chi connectivity index (χ2n) is 20.8. The summed E-state index contributed by atoms with van der Waals surface area (Å²) in [5, 5.41) is 9.67. The molecule has 0 radical (unpaired) electrons. The molecular formula is C68H118O5. The third kappa shape index (κ3) is 61.3. The van der Waals surface area contributed by atoms with Crippen LogP contribution in [0.15, 0.2) is 97.2 Å². The fourth-order valence-electron chi connectivity index (χ4n) is 8.99. The van der Waals surface area contributed by atoms with Crippen LogP contribution in [-0.2, 0) is 19.1 Å². The van der Waals surface area contributed by atoms with E-state index in [0.29, 0.717) is 12.8 Å². The molecule has 0 spiro atoms. The lowest BCUT2D eigenvalue weighted by atomic mass is 10.0. The van der Waals surface area contributed by atoms with E-state index < -0.39 is 6.10 Å². The molecule has 1 atom stereocenters. The van der Waals surface area contributed by atoms with Crippen LogP contribution in [0.3, 0.4) is 0 Å². The molecule has 0 heterocycles. The Morgan fingerprint density at radius 3 is 0.890 bits per heavy atom. The van der Waals surface area contributed by atoms with E-state index >= 15 is 0 Å². The topological polar surface area (TPSA) is 72.8 Å². The monoisotopic (exact) mass is 1010 g/mol. The summed E-state index contributed by atoms with van der Waals surface area (Å²) in [6, 6.07) is 0. The molecule has 73 heavy (non-hydrogen) atoms. The van der Waals surface area contributed by atoms with Crippen LogP contribution in [0.25, 0.3) is 0 Å². The Kier molecular flexibility index (Phi) is 60.4. The molecule has 0 amide bonds. The van der Waals surface area contributed by atoms with Crippen molar-refractivity contribution in [2.24, 2.45) is 0 Å². The average molecular weight is 1020 g/mol. The van der Waals surface area contributed by atoms with Gasteiger partial charge in [-0.2, -0.15) is 0 Å². The number of carbonyl (C=O) groups is 2. The summed E-state index contributed by atoms with van der Waals surface area (Å²) >= 11 is 0. The molecule has 0 fully saturated rings. The van der Waals surface area contributed by atoms with Gasteiger partial charge in [-0.25, -0.2) is 0 Å². The number of esters is 2. The van der Waals surface area contributed by atoms with Gasteiger partial charge in [-0.15, -0.1) is 0 Å². The van der Waals surface area contributed by atoms with Gasteiger partial charge in [0.05, 0.1) is 6.61 Å². The third-order valence-corrected chi connectivity index (χ3v) is 13.6. The van der Waals surface area contributed by atoms with E-state index in [2.05, 4.69) is 111 Å². The number of aliphatic hydroxyl groups is 1. The van der Waals surface area contributed by atoms with Gasteiger partial charge in [-0.1, -0.05) is 310 Å². The Balaban J connectivity index is 3.49. The smallest absolute Gasteiger partial charge is 0.306 e. The van der Waals surface area contributed by atoms with E-state index in [1.165, 1.54) is 186 Å². The van der Waals surface area contributed by atoms with Gasteiger partial charge in [0.1, 0.15) is 6.61 Å². The molecule has 0 aromatic rings. The van der Waals surface area contributed by atoms with Crippen LogP contribution in [0, 0.1) is 0 Å². The van der Waals surface area contributed by atoms with Gasteiger partial charge in [0, 0.05) is 12.8 Å². The van der Waals surface area contributed by atoms with Crippen LogP contribution in [0.2, 0.25) is 0 Å². The van der Waals surface area contributed by atoms with Crippen molar-refractivity contribution in [3.63, 3.8) is 0 Å². The van der Waals surface area contributed by atoms with E-state index in [1.54, 1.807) is 0 Å². The number of rotatable bonds is 57. The predicted octanol–water partition coefficient (Wildman–Crippen LogP) is 21.5. The van der Waals surface area contributed by atoms with Gasteiger partial charge in [0.15, 0.2) is 6.10 Å². The van der Waals surface area contributed by atoms with Crippen molar-refractivity contribution in [3.8, 4) is 0 Å². The summed E-state index contributed by atoms with van der Waals surface area (Å²) in [5.41, 5.74) is 0. The lowest BCUT2D eigenvalue weighted by Crippen LogP contribution is -2.28. The molecular weight excluding hydrogens is 897 g/mol. The Morgan fingerprint density at radius 2 is 0.589 bits per heavy atom. The zero-order valence-corrected chi connectivity index (χ0v) is 48.1. The summed E-state index contributed by atoms with van der Waals surface area (Å²) in [6.07, 6.45) is 89.7. The van der Waals surface area contributed by atoms with Gasteiger partial charge >= 0.3 is 11.9 Å². The van der Waals surface area contributed by atoms with E-state index in [1.807, 2.05) is 0 Å². The summed E-state index contributed by atoms with van der Waals surface area (Å²) in [6.45, 7) is 4.06. The highest BCUT2D eigenvalue weighted by atomic mass is 16.6. The van der Waals surface area contributed by atoms with Crippen molar-refractivity contribution in [2.45, 2.75) is 309 Å². The molecule has 1 unspecified atom stereocenters. The molecule has 0 aromatic heterocycles. The maximum atomic E-state index is 12.3. The first-order valence-corrected chi connectivity index (χ1v) is 31.3. The Hall–Kier alpha value is -3.18. The molecule has 0 saturated heterocycles. The number of hydrogen-bond acceptors (Lipinski definition) is 5. The van der Waals surface area contributed by atoms with Crippen molar-refractivity contribution in [2.75, 3.05) is 13.2 Å². The Bertz CT molecular complexity index is 1380. The molecule has 0 rings (SSSR count). The van der Waals surface area contributed by atoms with Gasteiger partial charge in [0.25, 0.3) is 0 Å². The van der Waals surface area contributed by atoms with Crippen LogP contribution in [0.5, 0.6) is 0 Å². The molecule has 0 bridgehead atoms. The fourth-order valence-corrected chi connectivity index (χ4v) is 8.99. The first-order chi connectivity index (χ1) is 36.1. The third-order valence-electron chi connectivity index (χ3n) is 13.6. The lowest BCUT2D eigenvalue weighted by Gasteiger charge is -2.15. The minimum Gasteiger partial charge on any atom is -0.462 e. The number of unbranched alkanes of at least 4 members (excludes halogenated alkanes) is 33. The van der Waals surface area contributed by atoms with Crippen LogP contribution in [0.4, 0.5) is 0 Å². The van der Waals surface area contributed by atoms with Crippen molar-refractivity contribution in [3.05, 3.63) is 97.2 Å². The maximum Gasteiger partial charge on any atom is 0.306 e. The number of aliphatic hydroxyl groups excluding tert-OH is 1. The van der Waals surface area contributed by atoms with Crippen LogP contribution < -0.4 is 0 Å². The fraction of sp³-hybridized carbons (Fsp3) is 0.735. The first-order valence-electron chi connectivity index (χ1n) is 31.3. The summed E-state index contributed by atoms with van der Waals surface area (Å²) in [4.78, 5) is 24.6. The number of ether oxygens (including phenoxy) is 2. The predicted molar refractivity (Wildman–Crippen MR) is 320 cm³/mol. The van der Waals surface area contributed by atoms with E-state index in [0.717, 1.165) is 89.9 Å². The Labute approximate surface area is 453 Å². The van der Waals surface area contributed by atoms with Crippen molar-refractivity contribution < 1.29 is 24.2 Å². The number of hydrogen-bond donors (Lipinski definition) is 1. The summed E-state index contributed by atoms with van der Waals surface area (Å²) in [5.74, 6) is -0.580. The molecule has 0 aliphatic rings. The lowest BCUT2D eigenvalue weighted by molar-refractivity contribution is -0.161. The number of allylic oxidation sites excluding steroid dienone is 16. The minimum atomic E-state index is -0.775. The highest BCUT2D eigenvalue weighted by molar-refractivity contribution is 5.70. The molecule has 1 N–H and O–H groups in total. The van der Waals surface area contributed by atoms with Crippen molar-refractivity contribution in [1.29, 1.82) is 0 Å². The second-order valence-corrected chi connectivity index (χ2v) is 20.8. The van der Waals surface area contributed by atoms with Crippen LogP contribution in [0.1, 0.15) is 303 Å². The molecule has 0 aliphatic heterocycles. The van der Waals surface area contributed by atoms with Crippen molar-refractivity contribution in [1.82, 2.24) is 0 Å². The number of carbonyl (C=O) groups excluding carboxylic acids is 2. The van der Waals surface area contributed by atoms with Gasteiger partial charge in [-0.05, 0) is 77.0 Å². The van der Waals surface area contributed by atoms with Crippen LogP contribution >= 0.6 is 0 Å². The Morgan fingerprint density at radius 1 is 0.329 bits per heavy atom. The normalized spacial score (nSPS) is 12.9. The highest BCUT2D eigenvalue weighted by Crippen LogP contribution is 2.17. The highest BCUT2D eigenvalue weighted by Gasteiger charge is 2.16. The van der Waals surface area contributed by atoms with E-state index in [-0.39, 0.29) is 25.2 Å². The standard InChI is InChI=1S/C68H118O5/c1-3-5-7-9-11-13-15-17-19-21-23-25-26-27-28-29-30-31-32-33-34-35-36-37-38-39-40-41-42-43-45-47-49-51-53-55-57-59-61-63-68(71)73-66(64-69)65-72-67(70)62-60-58-56-54-52-50-48-46-44-24-22-20-18-16-14-12-10-8-6-4-2/h5,7,11,13,17,19,23,25,27-28,30-31,33-34,36-37,66,69H,3-4,6,8-10,12,14-16,18,20-22,24,26,29,32,35,38-65H2,1-2H3/b7-5-,13-11-,19-17-,25-23-,28-27-,31-30-,34-33-,37-36-. The van der Waals surface area contributed by atoms with Gasteiger partial charge < -0.3 is 14.6 Å². The summed E-state index contributed by atoms with van der Waals surface area (Å²) in [7, 11) is 0. The zero-order chi connectivity index (χ0) is 52.7. The quantitative estimate of drug-likeness (QED) is 0.0373. The SMILES string of the molecule is CC/C=C\C/C=C\C/C=C\C/C=C\C/C=C\C/C=C\C/C=C\C/C=C\CCCCCCCCCCCCCCCCC(=O)OC(CO)COC(=O)CCCCCCCCCCCCCCCCCCCCCC. The van der Waals surface area contributed by atoms with Gasteiger partial charge in [-0.3, -0.25) is 9.59 Å². The molecule has 0 aliphatic carbocycles. The molecule has 0 saturated carbocycles. The van der Waals surface area contributed by atoms with Gasteiger partial charge in [0.2, 0.25) is 0 Å². The molecule has 5 heteroatoms.